The number of nitrogens with one attached hydrogen (secondary N) is 1. The van der Waals surface area contributed by atoms with Gasteiger partial charge in [0.1, 0.15) is 0 Å². The highest BCUT2D eigenvalue weighted by molar-refractivity contribution is 5.47. The molecule has 5 heteroatoms. The van der Waals surface area contributed by atoms with Crippen molar-refractivity contribution < 1.29 is 18.3 Å². The topological polar surface area (TPSA) is 32.3 Å². The number of benzene rings is 1. The molecule has 2 nitrogen and oxygen atoms in total. The van der Waals surface area contributed by atoms with E-state index in [0.717, 1.165) is 12.5 Å². The van der Waals surface area contributed by atoms with Gasteiger partial charge in [0.25, 0.3) is 0 Å². The number of halogens is 3. The van der Waals surface area contributed by atoms with Gasteiger partial charge in [-0.25, -0.2) is 0 Å². The molecule has 0 saturated carbocycles. The van der Waals surface area contributed by atoms with E-state index in [1.807, 2.05) is 6.92 Å². The maximum Gasteiger partial charge on any atom is 0.413 e. The van der Waals surface area contributed by atoms with Crippen molar-refractivity contribution in [3.05, 3.63) is 29.8 Å². The molecule has 1 unspecified atom stereocenters. The Morgan fingerprint density at radius 3 is 2.06 bits per heavy atom. The Bertz CT molecular complexity index is 347. The van der Waals surface area contributed by atoms with Gasteiger partial charge in [0.15, 0.2) is 5.54 Å². The van der Waals surface area contributed by atoms with Gasteiger partial charge in [-0.2, -0.15) is 13.2 Å². The third-order valence-corrected chi connectivity index (χ3v) is 2.41. The molecule has 1 atom stereocenters. The fraction of sp³-hybridized carbons (Fsp3) is 0.455. The number of hydrogen-bond donors (Lipinski definition) is 2. The van der Waals surface area contributed by atoms with Gasteiger partial charge in [0, 0.05) is 5.69 Å². The predicted octanol–water partition coefficient (Wildman–Crippen LogP) is 2.72. The number of anilines is 1. The number of alkyl halides is 3. The van der Waals surface area contributed by atoms with E-state index in [9.17, 15) is 13.2 Å². The highest BCUT2D eigenvalue weighted by Crippen LogP contribution is 2.32. The molecule has 0 fully saturated rings. The Morgan fingerprint density at radius 1 is 1.19 bits per heavy atom. The van der Waals surface area contributed by atoms with Crippen LogP contribution in [0, 0.1) is 6.92 Å². The van der Waals surface area contributed by atoms with E-state index in [-0.39, 0.29) is 0 Å². The third-order valence-electron chi connectivity index (χ3n) is 2.41. The van der Waals surface area contributed by atoms with Crippen LogP contribution in [-0.4, -0.2) is 23.4 Å². The zero-order valence-electron chi connectivity index (χ0n) is 9.10. The molecule has 0 heterocycles. The first-order valence-corrected chi connectivity index (χ1v) is 4.81. The van der Waals surface area contributed by atoms with Crippen molar-refractivity contribution >= 4 is 5.69 Å². The number of rotatable bonds is 3. The standard InChI is InChI=1S/C11H14F3NO/c1-8-3-5-9(6-4-8)15-10(2,7-16)11(12,13)14/h3-6,15-16H,7H2,1-2H3. The minimum atomic E-state index is -4.51. The van der Waals surface area contributed by atoms with Gasteiger partial charge in [0.05, 0.1) is 6.61 Å². The van der Waals surface area contributed by atoms with E-state index in [1.165, 1.54) is 0 Å². The zero-order chi connectivity index (χ0) is 12.4. The Labute approximate surface area is 92.1 Å². The van der Waals surface area contributed by atoms with E-state index in [4.69, 9.17) is 5.11 Å². The van der Waals surface area contributed by atoms with Gasteiger partial charge in [-0.05, 0) is 26.0 Å². The molecule has 16 heavy (non-hydrogen) atoms. The molecule has 0 aromatic heterocycles. The van der Waals surface area contributed by atoms with Crippen LogP contribution in [0.4, 0.5) is 18.9 Å². The van der Waals surface area contributed by atoms with Crippen LogP contribution in [0.15, 0.2) is 24.3 Å². The van der Waals surface area contributed by atoms with Gasteiger partial charge in [-0.3, -0.25) is 0 Å². The number of aliphatic hydroxyl groups excluding tert-OH is 1. The molecule has 0 spiro atoms. The summed E-state index contributed by atoms with van der Waals surface area (Å²) < 4.78 is 37.9. The van der Waals surface area contributed by atoms with E-state index < -0.39 is 18.3 Å². The van der Waals surface area contributed by atoms with Crippen molar-refractivity contribution in [3.8, 4) is 0 Å². The summed E-state index contributed by atoms with van der Waals surface area (Å²) in [6.07, 6.45) is -4.51. The summed E-state index contributed by atoms with van der Waals surface area (Å²) in [5.74, 6) is 0. The predicted molar refractivity (Wildman–Crippen MR) is 56.3 cm³/mol. The van der Waals surface area contributed by atoms with Crippen LogP contribution in [0.2, 0.25) is 0 Å². The normalized spacial score (nSPS) is 15.6. The molecular weight excluding hydrogens is 219 g/mol. The minimum absolute atomic E-state index is 0.333. The quantitative estimate of drug-likeness (QED) is 0.841. The van der Waals surface area contributed by atoms with Crippen molar-refractivity contribution in [1.82, 2.24) is 0 Å². The van der Waals surface area contributed by atoms with Gasteiger partial charge < -0.3 is 10.4 Å². The molecule has 0 saturated heterocycles. The smallest absolute Gasteiger partial charge is 0.394 e. The third kappa shape index (κ3) is 2.66. The number of aryl methyl sites for hydroxylation is 1. The summed E-state index contributed by atoms with van der Waals surface area (Å²) in [6, 6.07) is 6.51. The fourth-order valence-corrected chi connectivity index (χ4v) is 1.16. The first-order chi connectivity index (χ1) is 7.28. The van der Waals surface area contributed by atoms with E-state index in [1.54, 1.807) is 24.3 Å². The summed E-state index contributed by atoms with van der Waals surface area (Å²) in [6.45, 7) is 1.76. The lowest BCUT2D eigenvalue weighted by molar-refractivity contribution is -0.182. The Hall–Kier alpha value is -1.23. The van der Waals surface area contributed by atoms with Crippen molar-refractivity contribution in [1.29, 1.82) is 0 Å². The molecule has 2 N–H and O–H groups in total. The zero-order valence-corrected chi connectivity index (χ0v) is 9.10. The van der Waals surface area contributed by atoms with Gasteiger partial charge in [-0.1, -0.05) is 17.7 Å². The minimum Gasteiger partial charge on any atom is -0.394 e. The van der Waals surface area contributed by atoms with Crippen LogP contribution >= 0.6 is 0 Å². The van der Waals surface area contributed by atoms with E-state index in [2.05, 4.69) is 5.32 Å². The molecule has 0 bridgehead atoms. The second-order valence-corrected chi connectivity index (χ2v) is 3.98. The largest absolute Gasteiger partial charge is 0.413 e. The second-order valence-electron chi connectivity index (χ2n) is 3.98. The molecule has 1 rings (SSSR count). The van der Waals surface area contributed by atoms with Crippen molar-refractivity contribution in [2.75, 3.05) is 11.9 Å². The van der Waals surface area contributed by atoms with E-state index >= 15 is 0 Å². The van der Waals surface area contributed by atoms with Crippen molar-refractivity contribution in [2.45, 2.75) is 25.6 Å². The summed E-state index contributed by atoms with van der Waals surface area (Å²) in [5, 5.41) is 11.2. The second kappa shape index (κ2) is 4.33. The summed E-state index contributed by atoms with van der Waals surface area (Å²) >= 11 is 0. The van der Waals surface area contributed by atoms with Crippen LogP contribution in [0.25, 0.3) is 0 Å². The average molecular weight is 233 g/mol. The van der Waals surface area contributed by atoms with Crippen LogP contribution < -0.4 is 5.32 Å². The first kappa shape index (κ1) is 12.8. The monoisotopic (exact) mass is 233 g/mol. The Kier molecular flexibility index (Phi) is 3.48. The summed E-state index contributed by atoms with van der Waals surface area (Å²) in [4.78, 5) is 0. The molecule has 0 aliphatic heterocycles. The van der Waals surface area contributed by atoms with Crippen LogP contribution in [0.5, 0.6) is 0 Å². The summed E-state index contributed by atoms with van der Waals surface area (Å²) in [7, 11) is 0. The first-order valence-electron chi connectivity index (χ1n) is 4.81. The molecule has 1 aromatic carbocycles. The molecule has 1 aromatic rings. The lowest BCUT2D eigenvalue weighted by atomic mass is 10.0. The molecule has 90 valence electrons. The highest BCUT2D eigenvalue weighted by atomic mass is 19.4. The van der Waals surface area contributed by atoms with Crippen LogP contribution in [-0.2, 0) is 0 Å². The lowest BCUT2D eigenvalue weighted by Gasteiger charge is -2.32. The Balaban J connectivity index is 2.89. The van der Waals surface area contributed by atoms with Crippen LogP contribution in [0.3, 0.4) is 0 Å². The Morgan fingerprint density at radius 2 is 1.69 bits per heavy atom. The lowest BCUT2D eigenvalue weighted by Crippen LogP contribution is -2.52. The maximum atomic E-state index is 12.6. The van der Waals surface area contributed by atoms with Crippen molar-refractivity contribution in [2.24, 2.45) is 0 Å². The number of hydrogen-bond acceptors (Lipinski definition) is 2. The van der Waals surface area contributed by atoms with Crippen molar-refractivity contribution in [3.63, 3.8) is 0 Å². The molecule has 0 aliphatic carbocycles. The van der Waals surface area contributed by atoms with E-state index in [0.29, 0.717) is 5.69 Å². The van der Waals surface area contributed by atoms with Gasteiger partial charge in [0.2, 0.25) is 0 Å². The summed E-state index contributed by atoms with van der Waals surface area (Å²) in [5.41, 5.74) is -1.02. The molecule has 0 radical (unpaired) electrons. The highest BCUT2D eigenvalue weighted by Gasteiger charge is 2.50. The van der Waals surface area contributed by atoms with Gasteiger partial charge in [-0.15, -0.1) is 0 Å². The average Bonchev–Trinajstić information content (AvgIpc) is 2.19. The van der Waals surface area contributed by atoms with Crippen LogP contribution in [0.1, 0.15) is 12.5 Å². The fourth-order valence-electron chi connectivity index (χ4n) is 1.16. The molecule has 0 aliphatic rings. The molecule has 0 amide bonds. The SMILES string of the molecule is Cc1ccc(NC(C)(CO)C(F)(F)F)cc1. The number of aliphatic hydroxyl groups is 1. The van der Waals surface area contributed by atoms with Gasteiger partial charge >= 0.3 is 6.18 Å². The molecular formula is C11H14F3NO. The maximum absolute atomic E-state index is 12.6.